The summed E-state index contributed by atoms with van der Waals surface area (Å²) in [5.74, 6) is -0.718. The van der Waals surface area contributed by atoms with Crippen LogP contribution >= 0.6 is 11.6 Å². The van der Waals surface area contributed by atoms with Gasteiger partial charge >= 0.3 is 5.97 Å². The lowest BCUT2D eigenvalue weighted by molar-refractivity contribution is -0.145. The van der Waals surface area contributed by atoms with Gasteiger partial charge in [-0.05, 0) is 13.8 Å². The first kappa shape index (κ1) is 9.50. The second-order valence-corrected chi connectivity index (χ2v) is 2.41. The second-order valence-electron chi connectivity index (χ2n) is 1.92. The van der Waals surface area contributed by atoms with Crippen molar-refractivity contribution in [1.82, 2.24) is 0 Å². The predicted molar refractivity (Wildman–Crippen MR) is 40.8 cm³/mol. The maximum atomic E-state index is 10.8. The van der Waals surface area contributed by atoms with E-state index in [9.17, 15) is 4.79 Å². The Hall–Kier alpha value is -0.500. The minimum absolute atomic E-state index is 0.317. The molecule has 0 aliphatic carbocycles. The maximum Gasteiger partial charge on any atom is 0.314 e. The highest BCUT2D eigenvalue weighted by atomic mass is 35.5. The molecule has 0 heterocycles. The van der Waals surface area contributed by atoms with Gasteiger partial charge in [-0.3, -0.25) is 4.79 Å². The summed E-state index contributed by atoms with van der Waals surface area (Å²) >= 11 is 5.46. The maximum absolute atomic E-state index is 10.8. The molecule has 1 atom stereocenters. The van der Waals surface area contributed by atoms with Gasteiger partial charge in [0.25, 0.3) is 0 Å². The van der Waals surface area contributed by atoms with Gasteiger partial charge in [-0.1, -0.05) is 18.2 Å². The van der Waals surface area contributed by atoms with E-state index in [4.69, 9.17) is 11.6 Å². The summed E-state index contributed by atoms with van der Waals surface area (Å²) in [6, 6.07) is 0. The lowest BCUT2D eigenvalue weighted by Crippen LogP contribution is -2.14. The summed E-state index contributed by atoms with van der Waals surface area (Å²) < 4.78 is 4.68. The van der Waals surface area contributed by atoms with Gasteiger partial charge in [0.2, 0.25) is 0 Å². The Balaban J connectivity index is 3.82. The monoisotopic (exact) mass is 162 g/mol. The molecule has 0 saturated carbocycles. The Morgan fingerprint density at radius 3 is 2.60 bits per heavy atom. The number of hydrogen-bond acceptors (Lipinski definition) is 2. The first-order valence-electron chi connectivity index (χ1n) is 3.10. The molecule has 0 aromatic heterocycles. The molecule has 10 heavy (non-hydrogen) atoms. The predicted octanol–water partition coefficient (Wildman–Crippen LogP) is 1.94. The van der Waals surface area contributed by atoms with Crippen molar-refractivity contribution in [1.29, 1.82) is 0 Å². The molecular formula is C7H11ClO2. The molecule has 0 amide bonds. The molecule has 0 spiro atoms. The molecular weight excluding hydrogens is 152 g/mol. The van der Waals surface area contributed by atoms with Gasteiger partial charge < -0.3 is 4.74 Å². The van der Waals surface area contributed by atoms with E-state index < -0.39 is 5.92 Å². The third kappa shape index (κ3) is 2.87. The number of halogens is 1. The Kier molecular flexibility index (Phi) is 4.12. The Bertz CT molecular complexity index is 143. The average molecular weight is 163 g/mol. The minimum atomic E-state index is -0.401. The van der Waals surface area contributed by atoms with Crippen molar-refractivity contribution in [2.24, 2.45) is 5.92 Å². The molecule has 0 bridgehead atoms. The molecule has 0 aliphatic heterocycles. The SMILES string of the molecule is C=C(Cl)C(C)C(=O)OCC. The molecule has 0 saturated heterocycles. The summed E-state index contributed by atoms with van der Waals surface area (Å²) in [7, 11) is 0. The van der Waals surface area contributed by atoms with Crippen LogP contribution in [0, 0.1) is 5.92 Å². The summed E-state index contributed by atoms with van der Waals surface area (Å²) in [4.78, 5) is 10.8. The first-order valence-corrected chi connectivity index (χ1v) is 3.48. The van der Waals surface area contributed by atoms with Crippen molar-refractivity contribution in [3.8, 4) is 0 Å². The highest BCUT2D eigenvalue weighted by molar-refractivity contribution is 6.30. The molecule has 0 aromatic rings. The first-order chi connectivity index (χ1) is 4.59. The van der Waals surface area contributed by atoms with E-state index in [2.05, 4.69) is 11.3 Å². The number of rotatable bonds is 3. The number of carbonyl (C=O) groups is 1. The van der Waals surface area contributed by atoms with E-state index in [0.717, 1.165) is 0 Å². The van der Waals surface area contributed by atoms with Crippen LogP contribution < -0.4 is 0 Å². The molecule has 0 N–H and O–H groups in total. The normalized spacial score (nSPS) is 12.3. The van der Waals surface area contributed by atoms with Gasteiger partial charge in [-0.15, -0.1) is 0 Å². The Morgan fingerprint density at radius 2 is 2.30 bits per heavy atom. The lowest BCUT2D eigenvalue weighted by Gasteiger charge is -2.06. The third-order valence-corrected chi connectivity index (χ3v) is 1.44. The van der Waals surface area contributed by atoms with E-state index in [1.807, 2.05) is 0 Å². The largest absolute Gasteiger partial charge is 0.466 e. The molecule has 0 rings (SSSR count). The topological polar surface area (TPSA) is 26.3 Å². The summed E-state index contributed by atoms with van der Waals surface area (Å²) in [5, 5.41) is 0.318. The summed E-state index contributed by atoms with van der Waals surface area (Å²) in [6.07, 6.45) is 0. The molecule has 1 unspecified atom stereocenters. The van der Waals surface area contributed by atoms with Crippen molar-refractivity contribution in [2.45, 2.75) is 13.8 Å². The molecule has 0 aliphatic rings. The quantitative estimate of drug-likeness (QED) is 0.593. The highest BCUT2D eigenvalue weighted by Crippen LogP contribution is 2.13. The molecule has 0 radical (unpaired) electrons. The van der Waals surface area contributed by atoms with Crippen molar-refractivity contribution >= 4 is 17.6 Å². The number of carbonyl (C=O) groups excluding carboxylic acids is 1. The van der Waals surface area contributed by atoms with Crippen LogP contribution in [0.15, 0.2) is 11.6 Å². The fourth-order valence-electron chi connectivity index (χ4n) is 0.395. The van der Waals surface area contributed by atoms with Crippen LogP contribution in [0.5, 0.6) is 0 Å². The van der Waals surface area contributed by atoms with Gasteiger partial charge in [0.1, 0.15) is 0 Å². The zero-order chi connectivity index (χ0) is 8.15. The van der Waals surface area contributed by atoms with Crippen molar-refractivity contribution in [2.75, 3.05) is 6.61 Å². The number of hydrogen-bond donors (Lipinski definition) is 0. The van der Waals surface area contributed by atoms with Crippen LogP contribution in [-0.2, 0) is 9.53 Å². The van der Waals surface area contributed by atoms with Crippen LogP contribution in [0.1, 0.15) is 13.8 Å². The average Bonchev–Trinajstić information content (AvgIpc) is 1.87. The third-order valence-electron chi connectivity index (χ3n) is 1.11. The van der Waals surface area contributed by atoms with Crippen LogP contribution in [-0.4, -0.2) is 12.6 Å². The van der Waals surface area contributed by atoms with Crippen LogP contribution in [0.3, 0.4) is 0 Å². The van der Waals surface area contributed by atoms with E-state index >= 15 is 0 Å². The van der Waals surface area contributed by atoms with Crippen molar-refractivity contribution < 1.29 is 9.53 Å². The van der Waals surface area contributed by atoms with E-state index in [1.165, 1.54) is 0 Å². The standard InChI is InChI=1S/C7H11ClO2/c1-4-10-7(9)5(2)6(3)8/h5H,3-4H2,1-2H3. The molecule has 2 nitrogen and oxygen atoms in total. The van der Waals surface area contributed by atoms with E-state index in [0.29, 0.717) is 11.6 Å². The van der Waals surface area contributed by atoms with Crippen molar-refractivity contribution in [3.63, 3.8) is 0 Å². The Morgan fingerprint density at radius 1 is 1.80 bits per heavy atom. The molecule has 0 aromatic carbocycles. The van der Waals surface area contributed by atoms with Gasteiger partial charge in [0.15, 0.2) is 0 Å². The summed E-state index contributed by atoms with van der Waals surface area (Å²) in [6.45, 7) is 7.22. The Labute approximate surface area is 65.8 Å². The highest BCUT2D eigenvalue weighted by Gasteiger charge is 2.14. The van der Waals surface area contributed by atoms with Gasteiger partial charge in [0.05, 0.1) is 12.5 Å². The smallest absolute Gasteiger partial charge is 0.314 e. The number of esters is 1. The van der Waals surface area contributed by atoms with E-state index in [-0.39, 0.29) is 5.97 Å². The van der Waals surface area contributed by atoms with Crippen molar-refractivity contribution in [3.05, 3.63) is 11.6 Å². The zero-order valence-electron chi connectivity index (χ0n) is 6.19. The second kappa shape index (κ2) is 4.34. The fraction of sp³-hybridized carbons (Fsp3) is 0.571. The summed E-state index contributed by atoms with van der Waals surface area (Å²) in [5.41, 5.74) is 0. The minimum Gasteiger partial charge on any atom is -0.466 e. The van der Waals surface area contributed by atoms with E-state index in [1.54, 1.807) is 13.8 Å². The van der Waals surface area contributed by atoms with Gasteiger partial charge in [0, 0.05) is 5.03 Å². The molecule has 3 heteroatoms. The van der Waals surface area contributed by atoms with Gasteiger partial charge in [-0.2, -0.15) is 0 Å². The molecule has 58 valence electrons. The van der Waals surface area contributed by atoms with Gasteiger partial charge in [-0.25, -0.2) is 0 Å². The number of ether oxygens (including phenoxy) is 1. The van der Waals surface area contributed by atoms with Crippen LogP contribution in [0.25, 0.3) is 0 Å². The van der Waals surface area contributed by atoms with Crippen LogP contribution in [0.4, 0.5) is 0 Å². The lowest BCUT2D eigenvalue weighted by atomic mass is 10.2. The zero-order valence-corrected chi connectivity index (χ0v) is 6.94. The fourth-order valence-corrected chi connectivity index (χ4v) is 0.484. The molecule has 0 fully saturated rings. The van der Waals surface area contributed by atoms with Crippen LogP contribution in [0.2, 0.25) is 0 Å².